The Labute approximate surface area is 129 Å². The third kappa shape index (κ3) is 4.27. The quantitative estimate of drug-likeness (QED) is 0.816. The summed E-state index contributed by atoms with van der Waals surface area (Å²) < 4.78 is 0. The highest BCUT2D eigenvalue weighted by Crippen LogP contribution is 2.31. The molecule has 2 aromatic rings. The van der Waals surface area contributed by atoms with Gasteiger partial charge in [-0.05, 0) is 31.5 Å². The van der Waals surface area contributed by atoms with Crippen LogP contribution in [0.2, 0.25) is 5.02 Å². The molecular weight excluding hydrogens is 290 g/mol. The number of aryl methyl sites for hydroxylation is 2. The fourth-order valence-corrected chi connectivity index (χ4v) is 3.19. The Morgan fingerprint density at radius 3 is 2.80 bits per heavy atom. The van der Waals surface area contributed by atoms with Crippen molar-refractivity contribution in [3.05, 3.63) is 33.8 Å². The molecule has 0 atom stereocenters. The van der Waals surface area contributed by atoms with E-state index in [4.69, 9.17) is 11.6 Å². The number of benzene rings is 1. The molecule has 0 spiro atoms. The van der Waals surface area contributed by atoms with Gasteiger partial charge in [0.15, 0.2) is 0 Å². The first-order valence-electron chi connectivity index (χ1n) is 6.88. The number of nitrogens with zero attached hydrogens (tertiary/aromatic N) is 2. The SMILES string of the molecule is Cc1ccc(-c2nnc(CCCNC(C)C)s2)c(Cl)c1. The van der Waals surface area contributed by atoms with Crippen molar-refractivity contribution in [3.63, 3.8) is 0 Å². The molecule has 20 heavy (non-hydrogen) atoms. The molecule has 0 aliphatic heterocycles. The average Bonchev–Trinajstić information content (AvgIpc) is 2.83. The Balaban J connectivity index is 1.98. The topological polar surface area (TPSA) is 37.8 Å². The van der Waals surface area contributed by atoms with Gasteiger partial charge in [0.2, 0.25) is 0 Å². The Kier molecular flexibility index (Phi) is 5.52. The zero-order valence-corrected chi connectivity index (χ0v) is 13.7. The number of hydrogen-bond donors (Lipinski definition) is 1. The van der Waals surface area contributed by atoms with Crippen LogP contribution in [0.15, 0.2) is 18.2 Å². The molecule has 1 aromatic heterocycles. The molecule has 5 heteroatoms. The van der Waals surface area contributed by atoms with Gasteiger partial charge >= 0.3 is 0 Å². The van der Waals surface area contributed by atoms with Crippen LogP contribution in [0.3, 0.4) is 0 Å². The van der Waals surface area contributed by atoms with Gasteiger partial charge in [-0.25, -0.2) is 0 Å². The molecule has 0 radical (unpaired) electrons. The molecule has 0 unspecified atom stereocenters. The van der Waals surface area contributed by atoms with Crippen LogP contribution in [0.5, 0.6) is 0 Å². The molecule has 0 saturated heterocycles. The summed E-state index contributed by atoms with van der Waals surface area (Å²) in [7, 11) is 0. The van der Waals surface area contributed by atoms with Crippen LogP contribution in [0.4, 0.5) is 0 Å². The number of rotatable bonds is 6. The minimum Gasteiger partial charge on any atom is -0.315 e. The van der Waals surface area contributed by atoms with E-state index in [1.54, 1.807) is 11.3 Å². The third-order valence-electron chi connectivity index (χ3n) is 2.94. The van der Waals surface area contributed by atoms with Crippen LogP contribution in [-0.4, -0.2) is 22.8 Å². The van der Waals surface area contributed by atoms with Gasteiger partial charge in [-0.2, -0.15) is 0 Å². The van der Waals surface area contributed by atoms with Crippen molar-refractivity contribution in [3.8, 4) is 10.6 Å². The first kappa shape index (κ1) is 15.4. The smallest absolute Gasteiger partial charge is 0.149 e. The van der Waals surface area contributed by atoms with E-state index in [-0.39, 0.29) is 0 Å². The molecule has 0 saturated carbocycles. The van der Waals surface area contributed by atoms with Crippen LogP contribution < -0.4 is 5.32 Å². The second kappa shape index (κ2) is 7.16. The molecule has 0 amide bonds. The van der Waals surface area contributed by atoms with Crippen molar-refractivity contribution in [2.75, 3.05) is 6.54 Å². The lowest BCUT2D eigenvalue weighted by Gasteiger charge is -2.05. The molecule has 0 bridgehead atoms. The first-order chi connectivity index (χ1) is 9.56. The highest BCUT2D eigenvalue weighted by molar-refractivity contribution is 7.14. The first-order valence-corrected chi connectivity index (χ1v) is 8.08. The van der Waals surface area contributed by atoms with E-state index in [0.29, 0.717) is 6.04 Å². The van der Waals surface area contributed by atoms with E-state index in [1.807, 2.05) is 19.1 Å². The predicted molar refractivity (Wildman–Crippen MR) is 86.6 cm³/mol. The molecule has 0 aliphatic rings. The lowest BCUT2D eigenvalue weighted by molar-refractivity contribution is 0.569. The monoisotopic (exact) mass is 309 g/mol. The van der Waals surface area contributed by atoms with Gasteiger partial charge in [-0.15, -0.1) is 10.2 Å². The van der Waals surface area contributed by atoms with E-state index in [2.05, 4.69) is 35.4 Å². The largest absolute Gasteiger partial charge is 0.315 e. The summed E-state index contributed by atoms with van der Waals surface area (Å²) >= 11 is 7.89. The molecule has 1 N–H and O–H groups in total. The maximum Gasteiger partial charge on any atom is 0.149 e. The zero-order valence-electron chi connectivity index (χ0n) is 12.1. The third-order valence-corrected chi connectivity index (χ3v) is 4.27. The van der Waals surface area contributed by atoms with Crippen LogP contribution in [0.25, 0.3) is 10.6 Å². The number of halogens is 1. The Morgan fingerprint density at radius 2 is 2.10 bits per heavy atom. The van der Waals surface area contributed by atoms with E-state index in [9.17, 15) is 0 Å². The van der Waals surface area contributed by atoms with Gasteiger partial charge in [0.1, 0.15) is 10.0 Å². The average molecular weight is 310 g/mol. The van der Waals surface area contributed by atoms with Crippen molar-refractivity contribution in [2.45, 2.75) is 39.7 Å². The molecule has 1 heterocycles. The van der Waals surface area contributed by atoms with E-state index in [1.165, 1.54) is 0 Å². The molecule has 0 fully saturated rings. The fourth-order valence-electron chi connectivity index (χ4n) is 1.89. The van der Waals surface area contributed by atoms with Gasteiger partial charge in [0, 0.05) is 18.0 Å². The molecule has 108 valence electrons. The van der Waals surface area contributed by atoms with Crippen LogP contribution >= 0.6 is 22.9 Å². The van der Waals surface area contributed by atoms with Gasteiger partial charge < -0.3 is 5.32 Å². The number of nitrogens with one attached hydrogen (secondary N) is 1. The molecule has 2 rings (SSSR count). The molecule has 3 nitrogen and oxygen atoms in total. The summed E-state index contributed by atoms with van der Waals surface area (Å²) in [5.74, 6) is 0. The Morgan fingerprint density at radius 1 is 1.30 bits per heavy atom. The van der Waals surface area contributed by atoms with Crippen LogP contribution in [0, 0.1) is 6.92 Å². The van der Waals surface area contributed by atoms with E-state index >= 15 is 0 Å². The number of aromatic nitrogens is 2. The summed E-state index contributed by atoms with van der Waals surface area (Å²) in [6.07, 6.45) is 2.04. The molecular formula is C15H20ClN3S. The summed E-state index contributed by atoms with van der Waals surface area (Å²) in [6, 6.07) is 6.56. The van der Waals surface area contributed by atoms with Crippen molar-refractivity contribution >= 4 is 22.9 Å². The van der Waals surface area contributed by atoms with Crippen molar-refractivity contribution < 1.29 is 0 Å². The predicted octanol–water partition coefficient (Wildman–Crippen LogP) is 4.10. The lowest BCUT2D eigenvalue weighted by atomic mass is 10.2. The molecule has 0 aliphatic carbocycles. The van der Waals surface area contributed by atoms with Crippen LogP contribution in [0.1, 0.15) is 30.8 Å². The van der Waals surface area contributed by atoms with Gasteiger partial charge in [0.05, 0.1) is 5.02 Å². The summed E-state index contributed by atoms with van der Waals surface area (Å²) in [5, 5.41) is 14.6. The highest BCUT2D eigenvalue weighted by Gasteiger charge is 2.10. The number of hydrogen-bond acceptors (Lipinski definition) is 4. The van der Waals surface area contributed by atoms with Crippen molar-refractivity contribution in [1.29, 1.82) is 0 Å². The van der Waals surface area contributed by atoms with Gasteiger partial charge in [-0.1, -0.05) is 48.9 Å². The van der Waals surface area contributed by atoms with Crippen LogP contribution in [-0.2, 0) is 6.42 Å². The minimum atomic E-state index is 0.534. The summed E-state index contributed by atoms with van der Waals surface area (Å²) in [6.45, 7) is 7.35. The molecule has 1 aromatic carbocycles. The van der Waals surface area contributed by atoms with E-state index in [0.717, 1.165) is 45.6 Å². The maximum atomic E-state index is 6.26. The summed E-state index contributed by atoms with van der Waals surface area (Å²) in [5.41, 5.74) is 2.13. The Bertz CT molecular complexity index is 566. The second-order valence-electron chi connectivity index (χ2n) is 5.20. The van der Waals surface area contributed by atoms with Crippen molar-refractivity contribution in [2.24, 2.45) is 0 Å². The minimum absolute atomic E-state index is 0.534. The van der Waals surface area contributed by atoms with Gasteiger partial charge in [-0.3, -0.25) is 0 Å². The van der Waals surface area contributed by atoms with Gasteiger partial charge in [0.25, 0.3) is 0 Å². The van der Waals surface area contributed by atoms with E-state index < -0.39 is 0 Å². The zero-order chi connectivity index (χ0) is 14.5. The normalized spacial score (nSPS) is 11.2. The summed E-state index contributed by atoms with van der Waals surface area (Å²) in [4.78, 5) is 0. The lowest BCUT2D eigenvalue weighted by Crippen LogP contribution is -2.23. The Hall–Kier alpha value is -0.970. The maximum absolute atomic E-state index is 6.26. The highest BCUT2D eigenvalue weighted by atomic mass is 35.5. The van der Waals surface area contributed by atoms with Crippen molar-refractivity contribution in [1.82, 2.24) is 15.5 Å². The standard InChI is InChI=1S/C15H20ClN3S/c1-10(2)17-8-4-5-14-18-19-15(20-14)12-7-6-11(3)9-13(12)16/h6-7,9-10,17H,4-5,8H2,1-3H3. The fraction of sp³-hybridized carbons (Fsp3) is 0.467. The second-order valence-corrected chi connectivity index (χ2v) is 6.67.